The summed E-state index contributed by atoms with van der Waals surface area (Å²) in [5.74, 6) is 1.49. The van der Waals surface area contributed by atoms with Crippen molar-refractivity contribution in [3.63, 3.8) is 0 Å². The van der Waals surface area contributed by atoms with E-state index in [2.05, 4.69) is 17.1 Å². The lowest BCUT2D eigenvalue weighted by atomic mass is 9.89. The molecule has 1 aliphatic rings. The van der Waals surface area contributed by atoms with Crippen molar-refractivity contribution in [2.24, 2.45) is 5.92 Å². The number of carbonyl (C=O) groups is 1. The van der Waals surface area contributed by atoms with Crippen molar-refractivity contribution in [1.82, 2.24) is 19.2 Å². The second kappa shape index (κ2) is 8.25. The van der Waals surface area contributed by atoms with Gasteiger partial charge in [-0.2, -0.15) is 0 Å². The van der Waals surface area contributed by atoms with E-state index in [4.69, 9.17) is 9.47 Å². The smallest absolute Gasteiger partial charge is 0.316 e. The van der Waals surface area contributed by atoms with Crippen LogP contribution < -0.4 is 10.3 Å². The summed E-state index contributed by atoms with van der Waals surface area (Å²) in [6.45, 7) is 2.25. The van der Waals surface area contributed by atoms with E-state index in [1.165, 1.54) is 23.7 Å². The van der Waals surface area contributed by atoms with E-state index in [-0.39, 0.29) is 17.3 Å². The number of ether oxygens (including phenoxy) is 2. The predicted molar refractivity (Wildman–Crippen MR) is 124 cm³/mol. The van der Waals surface area contributed by atoms with E-state index in [9.17, 15) is 9.59 Å². The van der Waals surface area contributed by atoms with Crippen molar-refractivity contribution in [3.05, 3.63) is 45.1 Å². The standard InChI is InChI=1S/C22H22N4O4S2/c1-12-4-9-15-16(10-12)32-20-18(15)19(28)25(13-5-7-14(29-2)8-6-13)21-23-24-22(26(20)21)31-11-17(27)30-3/h5-8,12H,4,9-11H2,1-3H3. The van der Waals surface area contributed by atoms with Crippen molar-refractivity contribution in [2.45, 2.75) is 31.3 Å². The lowest BCUT2D eigenvalue weighted by molar-refractivity contribution is -0.137. The van der Waals surface area contributed by atoms with Gasteiger partial charge in [-0.15, -0.1) is 21.5 Å². The topological polar surface area (TPSA) is 87.7 Å². The number of hydrogen-bond acceptors (Lipinski definition) is 8. The molecular weight excluding hydrogens is 448 g/mol. The Balaban J connectivity index is 1.80. The third-order valence-electron chi connectivity index (χ3n) is 5.81. The first kappa shape index (κ1) is 21.0. The number of thioether (sulfide) groups is 1. The number of fused-ring (bicyclic) bond motifs is 5. The Morgan fingerprint density at radius 3 is 2.75 bits per heavy atom. The number of aromatic nitrogens is 4. The maximum absolute atomic E-state index is 13.8. The molecule has 0 spiro atoms. The molecule has 166 valence electrons. The fraction of sp³-hybridized carbons (Fsp3) is 0.364. The van der Waals surface area contributed by atoms with E-state index in [1.54, 1.807) is 23.0 Å². The molecule has 0 amide bonds. The molecule has 5 rings (SSSR count). The average molecular weight is 471 g/mol. The molecule has 1 unspecified atom stereocenters. The molecule has 1 aliphatic carbocycles. The van der Waals surface area contributed by atoms with Crippen LogP contribution >= 0.6 is 23.1 Å². The van der Waals surface area contributed by atoms with Gasteiger partial charge in [0.15, 0.2) is 5.16 Å². The van der Waals surface area contributed by atoms with Gasteiger partial charge in [0.25, 0.3) is 5.56 Å². The molecule has 0 aliphatic heterocycles. The van der Waals surface area contributed by atoms with Crippen LogP contribution in [-0.2, 0) is 22.4 Å². The monoisotopic (exact) mass is 470 g/mol. The highest BCUT2D eigenvalue weighted by Crippen LogP contribution is 2.38. The summed E-state index contributed by atoms with van der Waals surface area (Å²) in [6.07, 6.45) is 2.91. The molecule has 0 bridgehead atoms. The zero-order valence-electron chi connectivity index (χ0n) is 18.0. The molecule has 0 saturated heterocycles. The van der Waals surface area contributed by atoms with Crippen LogP contribution in [0.1, 0.15) is 23.8 Å². The highest BCUT2D eigenvalue weighted by atomic mass is 32.2. The minimum Gasteiger partial charge on any atom is -0.497 e. The van der Waals surface area contributed by atoms with Gasteiger partial charge in [0.05, 0.1) is 31.0 Å². The molecule has 1 atom stereocenters. The van der Waals surface area contributed by atoms with Crippen LogP contribution in [0.4, 0.5) is 0 Å². The van der Waals surface area contributed by atoms with Crippen LogP contribution in [0.15, 0.2) is 34.2 Å². The van der Waals surface area contributed by atoms with Gasteiger partial charge in [-0.05, 0) is 55.0 Å². The summed E-state index contributed by atoms with van der Waals surface area (Å²) in [5.41, 5.74) is 1.72. The molecule has 1 aromatic carbocycles. The van der Waals surface area contributed by atoms with Gasteiger partial charge in [-0.1, -0.05) is 18.7 Å². The number of benzene rings is 1. The van der Waals surface area contributed by atoms with Crippen molar-refractivity contribution in [1.29, 1.82) is 0 Å². The van der Waals surface area contributed by atoms with Crippen LogP contribution in [0, 0.1) is 5.92 Å². The van der Waals surface area contributed by atoms with Crippen molar-refractivity contribution >= 4 is 45.1 Å². The lowest BCUT2D eigenvalue weighted by Crippen LogP contribution is -2.22. The molecule has 0 radical (unpaired) electrons. The largest absolute Gasteiger partial charge is 0.497 e. The Morgan fingerprint density at radius 1 is 1.25 bits per heavy atom. The molecule has 8 nitrogen and oxygen atoms in total. The Bertz CT molecular complexity index is 1390. The maximum atomic E-state index is 13.8. The molecule has 32 heavy (non-hydrogen) atoms. The van der Waals surface area contributed by atoms with E-state index in [0.29, 0.717) is 28.3 Å². The zero-order chi connectivity index (χ0) is 22.4. The summed E-state index contributed by atoms with van der Waals surface area (Å²) in [4.78, 5) is 27.6. The Kier molecular flexibility index (Phi) is 5.42. The molecule has 10 heteroatoms. The number of carbonyl (C=O) groups excluding carboxylic acids is 1. The van der Waals surface area contributed by atoms with Crippen LogP contribution in [0.2, 0.25) is 0 Å². The van der Waals surface area contributed by atoms with Gasteiger partial charge < -0.3 is 9.47 Å². The van der Waals surface area contributed by atoms with Crippen LogP contribution in [0.5, 0.6) is 5.75 Å². The van der Waals surface area contributed by atoms with Crippen LogP contribution in [0.3, 0.4) is 0 Å². The number of esters is 1. The van der Waals surface area contributed by atoms with E-state index in [1.807, 2.05) is 28.7 Å². The second-order valence-electron chi connectivity index (χ2n) is 7.85. The summed E-state index contributed by atoms with van der Waals surface area (Å²) in [6, 6.07) is 7.30. The second-order valence-corrected chi connectivity index (χ2v) is 9.88. The lowest BCUT2D eigenvalue weighted by Gasteiger charge is -2.17. The molecule has 0 fully saturated rings. The number of hydrogen-bond donors (Lipinski definition) is 0. The predicted octanol–water partition coefficient (Wildman–Crippen LogP) is 3.49. The van der Waals surface area contributed by atoms with Gasteiger partial charge in [0.2, 0.25) is 5.78 Å². The molecule has 0 N–H and O–H groups in total. The van der Waals surface area contributed by atoms with E-state index < -0.39 is 0 Å². The fourth-order valence-electron chi connectivity index (χ4n) is 4.14. The summed E-state index contributed by atoms with van der Waals surface area (Å²) in [5, 5.41) is 9.96. The average Bonchev–Trinajstić information content (AvgIpc) is 3.39. The summed E-state index contributed by atoms with van der Waals surface area (Å²) >= 11 is 2.89. The Morgan fingerprint density at radius 2 is 2.03 bits per heavy atom. The first-order valence-corrected chi connectivity index (χ1v) is 12.1. The molecule has 3 heterocycles. The number of nitrogens with zero attached hydrogens (tertiary/aromatic N) is 4. The summed E-state index contributed by atoms with van der Waals surface area (Å²) in [7, 11) is 2.96. The minimum atomic E-state index is -0.342. The number of aryl methyl sites for hydroxylation is 1. The molecule has 0 saturated carbocycles. The highest BCUT2D eigenvalue weighted by molar-refractivity contribution is 7.99. The third-order valence-corrected chi connectivity index (χ3v) is 7.95. The van der Waals surface area contributed by atoms with E-state index in [0.717, 1.165) is 35.0 Å². The van der Waals surface area contributed by atoms with Crippen LogP contribution in [-0.4, -0.2) is 45.1 Å². The van der Waals surface area contributed by atoms with Gasteiger partial charge in [0.1, 0.15) is 10.6 Å². The quantitative estimate of drug-likeness (QED) is 0.326. The SMILES string of the molecule is COC(=O)CSc1nnc2n(-c3ccc(OC)cc3)c(=O)c3c4c(sc3n12)CC(C)CC4. The first-order chi connectivity index (χ1) is 15.5. The van der Waals surface area contributed by atoms with Gasteiger partial charge >= 0.3 is 5.97 Å². The Labute approximate surface area is 192 Å². The molecule has 4 aromatic rings. The fourth-order valence-corrected chi connectivity index (χ4v) is 6.47. The number of methoxy groups -OCH3 is 2. The highest BCUT2D eigenvalue weighted by Gasteiger charge is 2.27. The third kappa shape index (κ3) is 3.38. The minimum absolute atomic E-state index is 0.0957. The summed E-state index contributed by atoms with van der Waals surface area (Å²) < 4.78 is 13.6. The van der Waals surface area contributed by atoms with Gasteiger partial charge in [-0.3, -0.25) is 9.59 Å². The van der Waals surface area contributed by atoms with Crippen molar-refractivity contribution in [3.8, 4) is 11.4 Å². The first-order valence-electron chi connectivity index (χ1n) is 10.3. The van der Waals surface area contributed by atoms with Crippen molar-refractivity contribution in [2.75, 3.05) is 20.0 Å². The van der Waals surface area contributed by atoms with E-state index >= 15 is 0 Å². The normalized spacial score (nSPS) is 15.8. The van der Waals surface area contributed by atoms with Crippen molar-refractivity contribution < 1.29 is 14.3 Å². The van der Waals surface area contributed by atoms with Gasteiger partial charge in [-0.25, -0.2) is 8.97 Å². The maximum Gasteiger partial charge on any atom is 0.316 e. The number of rotatable bonds is 5. The molecule has 3 aromatic heterocycles. The van der Waals surface area contributed by atoms with Gasteiger partial charge in [0, 0.05) is 4.88 Å². The molecular formula is C22H22N4O4S2. The number of thiophene rings is 1. The Hall–Kier alpha value is -2.85. The zero-order valence-corrected chi connectivity index (χ0v) is 19.6. The van der Waals surface area contributed by atoms with Crippen LogP contribution in [0.25, 0.3) is 21.7 Å².